The third kappa shape index (κ3) is 4.68. The smallest absolute Gasteiger partial charge is 0.351 e. The summed E-state index contributed by atoms with van der Waals surface area (Å²) in [6.07, 6.45) is 3.50. The van der Waals surface area contributed by atoms with E-state index < -0.39 is 19.5 Å². The van der Waals surface area contributed by atoms with Gasteiger partial charge in [-0.1, -0.05) is 4.67 Å². The number of rotatable bonds is 4. The number of amides is 1. The highest BCUT2D eigenvalue weighted by molar-refractivity contribution is 8.18. The standard InChI is InChI=1S/C14H14FN2O6PS/c15-10-4-3-9(11(8-10)22-23-24(19,20)21)7-12-13(18)16-14(25-12)17-5-1-2-6-17/h3-4,7-8H,1-2,5-6H2,(H2,19,20,21)/b12-7-. The molecule has 0 bridgehead atoms. The quantitative estimate of drug-likeness (QED) is 0.350. The fourth-order valence-corrected chi connectivity index (χ4v) is 3.50. The van der Waals surface area contributed by atoms with Gasteiger partial charge in [-0.05, 0) is 42.8 Å². The lowest BCUT2D eigenvalue weighted by Crippen LogP contribution is -2.23. The summed E-state index contributed by atoms with van der Waals surface area (Å²) in [5, 5.41) is 0.616. The zero-order valence-electron chi connectivity index (χ0n) is 12.8. The Bertz CT molecular complexity index is 803. The molecule has 2 heterocycles. The molecule has 3 rings (SSSR count). The molecule has 0 saturated carbocycles. The lowest BCUT2D eigenvalue weighted by atomic mass is 10.2. The first-order chi connectivity index (χ1) is 11.8. The molecule has 1 aromatic rings. The first kappa shape index (κ1) is 18.1. The highest BCUT2D eigenvalue weighted by atomic mass is 32.2. The van der Waals surface area contributed by atoms with Gasteiger partial charge in [0.25, 0.3) is 5.91 Å². The zero-order chi connectivity index (χ0) is 18.0. The highest BCUT2D eigenvalue weighted by Gasteiger charge is 2.28. The van der Waals surface area contributed by atoms with Gasteiger partial charge in [-0.15, -0.1) is 0 Å². The van der Waals surface area contributed by atoms with Gasteiger partial charge in [0.1, 0.15) is 5.82 Å². The molecule has 2 aliphatic heterocycles. The Balaban J connectivity index is 1.81. The van der Waals surface area contributed by atoms with E-state index >= 15 is 0 Å². The molecule has 11 heteroatoms. The van der Waals surface area contributed by atoms with E-state index in [0.717, 1.165) is 38.1 Å². The maximum Gasteiger partial charge on any atom is 0.505 e. The van der Waals surface area contributed by atoms with Crippen LogP contribution in [0, 0.1) is 5.82 Å². The Labute approximate surface area is 146 Å². The Morgan fingerprint density at radius 2 is 2.04 bits per heavy atom. The van der Waals surface area contributed by atoms with E-state index in [-0.39, 0.29) is 11.3 Å². The first-order valence-corrected chi connectivity index (χ1v) is 9.65. The predicted molar refractivity (Wildman–Crippen MR) is 89.0 cm³/mol. The molecule has 0 unspecified atom stereocenters. The van der Waals surface area contributed by atoms with Crippen LogP contribution in [0.5, 0.6) is 5.75 Å². The minimum atomic E-state index is -4.91. The maximum absolute atomic E-state index is 13.4. The summed E-state index contributed by atoms with van der Waals surface area (Å²) in [6.45, 7) is 1.68. The number of likely N-dealkylation sites (tertiary alicyclic amines) is 1. The number of phosphoric acid groups is 1. The van der Waals surface area contributed by atoms with Crippen LogP contribution in [-0.2, 0) is 14.0 Å². The van der Waals surface area contributed by atoms with Gasteiger partial charge in [0, 0.05) is 24.7 Å². The van der Waals surface area contributed by atoms with Gasteiger partial charge in [0.15, 0.2) is 10.9 Å². The fraction of sp³-hybridized carbons (Fsp3) is 0.286. The van der Waals surface area contributed by atoms with Crippen molar-refractivity contribution in [3.63, 3.8) is 0 Å². The molecule has 0 aromatic heterocycles. The minimum Gasteiger partial charge on any atom is -0.351 e. The molecule has 1 saturated heterocycles. The number of thioether (sulfide) groups is 1. The molecule has 0 spiro atoms. The molecule has 1 fully saturated rings. The van der Waals surface area contributed by atoms with E-state index in [2.05, 4.69) is 14.6 Å². The Kier molecular flexibility index (Phi) is 5.26. The van der Waals surface area contributed by atoms with Crippen molar-refractivity contribution in [2.24, 2.45) is 4.99 Å². The summed E-state index contributed by atoms with van der Waals surface area (Å²) in [6, 6.07) is 3.33. The third-order valence-electron chi connectivity index (χ3n) is 3.47. The summed E-state index contributed by atoms with van der Waals surface area (Å²) in [7, 11) is -4.91. The lowest BCUT2D eigenvalue weighted by Gasteiger charge is -2.14. The van der Waals surface area contributed by atoms with Crippen molar-refractivity contribution in [2.45, 2.75) is 12.8 Å². The zero-order valence-corrected chi connectivity index (χ0v) is 14.5. The highest BCUT2D eigenvalue weighted by Crippen LogP contribution is 2.38. The number of carbonyl (C=O) groups excluding carboxylic acids is 1. The molecular weight excluding hydrogens is 374 g/mol. The molecular formula is C14H14FN2O6PS. The minimum absolute atomic E-state index is 0.226. The van der Waals surface area contributed by atoms with E-state index in [0.29, 0.717) is 10.1 Å². The molecule has 25 heavy (non-hydrogen) atoms. The van der Waals surface area contributed by atoms with Crippen molar-refractivity contribution in [3.05, 3.63) is 34.5 Å². The molecule has 1 amide bonds. The molecule has 8 nitrogen and oxygen atoms in total. The second kappa shape index (κ2) is 7.27. The van der Waals surface area contributed by atoms with Crippen LogP contribution in [0.15, 0.2) is 28.1 Å². The van der Waals surface area contributed by atoms with E-state index in [1.165, 1.54) is 23.9 Å². The van der Waals surface area contributed by atoms with Crippen LogP contribution in [0.1, 0.15) is 18.4 Å². The number of nitrogens with zero attached hydrogens (tertiary/aromatic N) is 2. The van der Waals surface area contributed by atoms with Gasteiger partial charge in [-0.25, -0.2) is 8.96 Å². The van der Waals surface area contributed by atoms with Crippen LogP contribution >= 0.6 is 19.6 Å². The molecule has 2 aliphatic rings. The van der Waals surface area contributed by atoms with E-state index in [4.69, 9.17) is 9.79 Å². The van der Waals surface area contributed by atoms with Crippen molar-refractivity contribution in [2.75, 3.05) is 13.1 Å². The van der Waals surface area contributed by atoms with Crippen molar-refractivity contribution < 1.29 is 33.1 Å². The summed E-state index contributed by atoms with van der Waals surface area (Å²) < 4.78 is 28.1. The summed E-state index contributed by atoms with van der Waals surface area (Å²) in [5.74, 6) is -1.39. The Morgan fingerprint density at radius 1 is 1.32 bits per heavy atom. The number of aliphatic imine (C=N–C) groups is 1. The van der Waals surface area contributed by atoms with E-state index in [1.807, 2.05) is 4.90 Å². The van der Waals surface area contributed by atoms with Gasteiger partial charge in [-0.3, -0.25) is 4.79 Å². The Morgan fingerprint density at radius 3 is 2.72 bits per heavy atom. The average molecular weight is 388 g/mol. The summed E-state index contributed by atoms with van der Waals surface area (Å²) >= 11 is 1.19. The van der Waals surface area contributed by atoms with Gasteiger partial charge in [0.2, 0.25) is 0 Å². The molecule has 0 atom stereocenters. The number of benzene rings is 1. The number of amidine groups is 1. The van der Waals surface area contributed by atoms with Gasteiger partial charge < -0.3 is 19.6 Å². The molecule has 0 radical (unpaired) electrons. The van der Waals surface area contributed by atoms with E-state index in [1.54, 1.807) is 0 Å². The Hall–Kier alpha value is -1.71. The van der Waals surface area contributed by atoms with Crippen LogP contribution in [0.3, 0.4) is 0 Å². The number of carbonyl (C=O) groups is 1. The van der Waals surface area contributed by atoms with Crippen molar-refractivity contribution in [1.29, 1.82) is 0 Å². The van der Waals surface area contributed by atoms with Crippen molar-refractivity contribution in [3.8, 4) is 5.75 Å². The van der Waals surface area contributed by atoms with Crippen LogP contribution in [0.25, 0.3) is 6.08 Å². The van der Waals surface area contributed by atoms with Gasteiger partial charge >= 0.3 is 7.82 Å². The predicted octanol–water partition coefficient (Wildman–Crippen LogP) is 2.29. The van der Waals surface area contributed by atoms with Crippen LogP contribution < -0.4 is 4.89 Å². The van der Waals surface area contributed by atoms with E-state index in [9.17, 15) is 13.8 Å². The topological polar surface area (TPSA) is 109 Å². The monoisotopic (exact) mass is 388 g/mol. The van der Waals surface area contributed by atoms with Crippen LogP contribution in [0.2, 0.25) is 0 Å². The summed E-state index contributed by atoms with van der Waals surface area (Å²) in [4.78, 5) is 40.3. The normalized spacial score (nSPS) is 19.6. The van der Waals surface area contributed by atoms with Gasteiger partial charge in [0.05, 0.1) is 4.91 Å². The van der Waals surface area contributed by atoms with Gasteiger partial charge in [-0.2, -0.15) is 4.99 Å². The summed E-state index contributed by atoms with van der Waals surface area (Å²) in [5.41, 5.74) is 0.226. The first-order valence-electron chi connectivity index (χ1n) is 7.31. The maximum atomic E-state index is 13.4. The molecule has 2 N–H and O–H groups in total. The van der Waals surface area contributed by atoms with Crippen LogP contribution in [-0.4, -0.2) is 38.9 Å². The number of hydrogen-bond donors (Lipinski definition) is 2. The van der Waals surface area contributed by atoms with Crippen LogP contribution in [0.4, 0.5) is 4.39 Å². The third-order valence-corrected chi connectivity index (χ3v) is 4.79. The SMILES string of the molecule is O=C1N=C(N2CCCC2)S/C1=C\c1ccc(F)cc1OOP(=O)(O)O. The second-order valence-electron chi connectivity index (χ2n) is 5.33. The van der Waals surface area contributed by atoms with Crippen molar-refractivity contribution in [1.82, 2.24) is 4.90 Å². The fourth-order valence-electron chi connectivity index (χ4n) is 2.37. The van der Waals surface area contributed by atoms with Crippen molar-refractivity contribution >= 4 is 36.7 Å². The number of hydrogen-bond acceptors (Lipinski definition) is 6. The largest absolute Gasteiger partial charge is 0.505 e. The average Bonchev–Trinajstić information content (AvgIpc) is 3.17. The number of halogens is 1. The molecule has 0 aliphatic carbocycles. The second-order valence-corrected chi connectivity index (χ2v) is 7.47. The lowest BCUT2D eigenvalue weighted by molar-refractivity contribution is -0.123. The molecule has 134 valence electrons. The molecule has 1 aromatic carbocycles.